The predicted octanol–water partition coefficient (Wildman–Crippen LogP) is 24.2. The molecule has 0 fully saturated rings. The molecule has 0 rings (SSSR count). The van der Waals surface area contributed by atoms with Gasteiger partial charge in [-0.15, -0.1) is 0 Å². The molecule has 0 spiro atoms. The van der Waals surface area contributed by atoms with E-state index in [2.05, 4.69) is 130 Å². The van der Waals surface area contributed by atoms with Gasteiger partial charge >= 0.3 is 17.9 Å². The number of esters is 3. The fourth-order valence-corrected chi connectivity index (χ4v) is 9.83. The molecule has 1 unspecified atom stereocenters. The van der Waals surface area contributed by atoms with E-state index >= 15 is 0 Å². The second-order valence-electron chi connectivity index (χ2n) is 23.0. The SMILES string of the molecule is CC/C=C\C/C=C\C/C=C\C/C=C\CCCCCCCCCCCCCCCCCCCCCCCCC(=O)OCC(COC(=O)CCCCCCC/C=C\CCCCCCC)OC(=O)CCCC/C=C\C/C=C\C/C=C\C/C=C\CC. The highest BCUT2D eigenvalue weighted by atomic mass is 16.6. The maximum atomic E-state index is 12.9. The summed E-state index contributed by atoms with van der Waals surface area (Å²) in [7, 11) is 0. The van der Waals surface area contributed by atoms with Crippen LogP contribution in [0.2, 0.25) is 0 Å². The summed E-state index contributed by atoms with van der Waals surface area (Å²) in [5.41, 5.74) is 0. The zero-order valence-electron chi connectivity index (χ0n) is 54.0. The van der Waals surface area contributed by atoms with Crippen LogP contribution >= 0.6 is 0 Å². The van der Waals surface area contributed by atoms with E-state index in [4.69, 9.17) is 14.2 Å². The zero-order valence-corrected chi connectivity index (χ0v) is 54.0. The van der Waals surface area contributed by atoms with Crippen LogP contribution in [0.3, 0.4) is 0 Å². The van der Waals surface area contributed by atoms with Crippen LogP contribution in [-0.2, 0) is 28.6 Å². The molecule has 0 aromatic heterocycles. The van der Waals surface area contributed by atoms with Crippen molar-refractivity contribution in [1.29, 1.82) is 0 Å². The van der Waals surface area contributed by atoms with Crippen LogP contribution in [0.4, 0.5) is 0 Å². The molecule has 0 aromatic rings. The minimum atomic E-state index is -0.803. The summed E-state index contributed by atoms with van der Waals surface area (Å²) in [6.45, 7) is 6.39. The van der Waals surface area contributed by atoms with Crippen LogP contribution in [0.25, 0.3) is 0 Å². The van der Waals surface area contributed by atoms with E-state index in [-0.39, 0.29) is 37.5 Å². The Hall–Kier alpha value is -3.93. The van der Waals surface area contributed by atoms with Crippen molar-refractivity contribution < 1.29 is 28.6 Å². The van der Waals surface area contributed by atoms with Gasteiger partial charge in [0.1, 0.15) is 13.2 Å². The van der Waals surface area contributed by atoms with Crippen LogP contribution in [0.5, 0.6) is 0 Å². The molecule has 0 amide bonds. The van der Waals surface area contributed by atoms with Crippen LogP contribution in [0, 0.1) is 0 Å². The molecule has 6 heteroatoms. The summed E-state index contributed by atoms with van der Waals surface area (Å²) in [5, 5.41) is 0. The quantitative estimate of drug-likeness (QED) is 0.0261. The summed E-state index contributed by atoms with van der Waals surface area (Å²) in [6.07, 6.45) is 95.7. The molecular weight excluding hydrogens is 1010 g/mol. The number of ether oxygens (including phenoxy) is 3. The van der Waals surface area contributed by atoms with Gasteiger partial charge in [-0.1, -0.05) is 304 Å². The Bertz CT molecular complexity index is 1640. The third kappa shape index (κ3) is 66.9. The molecular formula is C76H130O6. The van der Waals surface area contributed by atoms with Gasteiger partial charge in [0, 0.05) is 19.3 Å². The Kier molecular flexibility index (Phi) is 66.2. The van der Waals surface area contributed by atoms with Gasteiger partial charge in [0.15, 0.2) is 6.10 Å². The summed E-state index contributed by atoms with van der Waals surface area (Å²) in [4.78, 5) is 38.3. The summed E-state index contributed by atoms with van der Waals surface area (Å²) >= 11 is 0. The van der Waals surface area contributed by atoms with Gasteiger partial charge in [-0.3, -0.25) is 14.4 Å². The van der Waals surface area contributed by atoms with Crippen molar-refractivity contribution in [2.75, 3.05) is 13.2 Å². The molecule has 0 N–H and O–H groups in total. The number of rotatable bonds is 63. The first-order chi connectivity index (χ1) is 40.5. The fraction of sp³-hybridized carbons (Fsp3) is 0.724. The van der Waals surface area contributed by atoms with E-state index < -0.39 is 6.10 Å². The Labute approximate surface area is 508 Å². The van der Waals surface area contributed by atoms with Crippen molar-refractivity contribution >= 4 is 17.9 Å². The topological polar surface area (TPSA) is 78.9 Å². The van der Waals surface area contributed by atoms with Crippen LogP contribution in [-0.4, -0.2) is 37.2 Å². The number of carbonyl (C=O) groups excluding carboxylic acids is 3. The summed E-state index contributed by atoms with van der Waals surface area (Å²) < 4.78 is 16.9. The monoisotopic (exact) mass is 1140 g/mol. The standard InChI is InChI=1S/C76H130O6/c1-4-7-10-13-16-19-22-25-28-29-30-31-32-33-34-35-36-37-38-39-40-41-42-43-44-45-46-47-49-51-54-57-60-63-66-69-75(78)81-72-73(71-80-74(77)68-65-62-59-56-53-50-27-24-21-18-15-12-9-6-3)82-76(79)70-67-64-61-58-55-52-48-26-23-20-17-14-11-8-5-2/h7-8,10-11,16-17,19-20,24-28,30-31,48,55,58,73H,4-6,9,12-15,18,21-23,29,32-47,49-54,56-57,59-72H2,1-3H3/b10-7-,11-8-,19-16-,20-17-,27-24-,28-25-,31-30-,48-26-,58-55-. The van der Waals surface area contributed by atoms with E-state index in [1.165, 1.54) is 180 Å². The lowest BCUT2D eigenvalue weighted by molar-refractivity contribution is -0.167. The largest absolute Gasteiger partial charge is 0.462 e. The van der Waals surface area contributed by atoms with Crippen molar-refractivity contribution in [2.45, 2.75) is 341 Å². The van der Waals surface area contributed by atoms with E-state index in [9.17, 15) is 14.4 Å². The molecule has 0 saturated heterocycles. The van der Waals surface area contributed by atoms with Crippen molar-refractivity contribution in [3.05, 3.63) is 109 Å². The van der Waals surface area contributed by atoms with E-state index in [0.717, 1.165) is 109 Å². The Balaban J connectivity index is 4.14. The molecule has 0 heterocycles. The first kappa shape index (κ1) is 78.1. The number of hydrogen-bond donors (Lipinski definition) is 0. The molecule has 82 heavy (non-hydrogen) atoms. The normalized spacial score (nSPS) is 12.8. The highest BCUT2D eigenvalue weighted by Gasteiger charge is 2.19. The van der Waals surface area contributed by atoms with Gasteiger partial charge in [0.05, 0.1) is 0 Å². The number of carbonyl (C=O) groups is 3. The van der Waals surface area contributed by atoms with Crippen LogP contribution in [0.1, 0.15) is 335 Å². The minimum Gasteiger partial charge on any atom is -0.462 e. The Morgan fingerprint density at radius 2 is 0.476 bits per heavy atom. The third-order valence-electron chi connectivity index (χ3n) is 15.0. The highest BCUT2D eigenvalue weighted by molar-refractivity contribution is 5.71. The zero-order chi connectivity index (χ0) is 59.2. The van der Waals surface area contributed by atoms with E-state index in [1.54, 1.807) is 0 Å². The molecule has 0 radical (unpaired) electrons. The first-order valence-electron chi connectivity index (χ1n) is 34.9. The molecule has 0 aliphatic rings. The molecule has 0 aliphatic carbocycles. The molecule has 0 bridgehead atoms. The van der Waals surface area contributed by atoms with Gasteiger partial charge in [0.25, 0.3) is 0 Å². The lowest BCUT2D eigenvalue weighted by atomic mass is 10.0. The molecule has 470 valence electrons. The smallest absolute Gasteiger partial charge is 0.306 e. The summed E-state index contributed by atoms with van der Waals surface area (Å²) in [5.74, 6) is -0.933. The van der Waals surface area contributed by atoms with Gasteiger partial charge in [-0.05, 0) is 122 Å². The Morgan fingerprint density at radius 3 is 0.780 bits per heavy atom. The average molecular weight is 1140 g/mol. The maximum Gasteiger partial charge on any atom is 0.306 e. The van der Waals surface area contributed by atoms with Gasteiger partial charge in [-0.25, -0.2) is 0 Å². The fourth-order valence-electron chi connectivity index (χ4n) is 9.83. The molecule has 1 atom stereocenters. The van der Waals surface area contributed by atoms with Crippen LogP contribution < -0.4 is 0 Å². The lowest BCUT2D eigenvalue weighted by Crippen LogP contribution is -2.30. The minimum absolute atomic E-state index is 0.0943. The van der Waals surface area contributed by atoms with Crippen molar-refractivity contribution in [1.82, 2.24) is 0 Å². The second kappa shape index (κ2) is 69.6. The number of allylic oxidation sites excluding steroid dienone is 18. The van der Waals surface area contributed by atoms with Crippen molar-refractivity contribution in [3.8, 4) is 0 Å². The van der Waals surface area contributed by atoms with E-state index in [0.29, 0.717) is 19.3 Å². The van der Waals surface area contributed by atoms with Crippen molar-refractivity contribution in [2.24, 2.45) is 0 Å². The first-order valence-corrected chi connectivity index (χ1v) is 34.9. The second-order valence-corrected chi connectivity index (χ2v) is 23.0. The Morgan fingerprint density at radius 1 is 0.256 bits per heavy atom. The lowest BCUT2D eigenvalue weighted by Gasteiger charge is -2.18. The molecule has 0 aliphatic heterocycles. The van der Waals surface area contributed by atoms with Gasteiger partial charge in [0.2, 0.25) is 0 Å². The third-order valence-corrected chi connectivity index (χ3v) is 15.0. The maximum absolute atomic E-state index is 12.9. The molecule has 0 aromatic carbocycles. The van der Waals surface area contributed by atoms with Gasteiger partial charge in [-0.2, -0.15) is 0 Å². The highest BCUT2D eigenvalue weighted by Crippen LogP contribution is 2.17. The van der Waals surface area contributed by atoms with Gasteiger partial charge < -0.3 is 14.2 Å². The predicted molar refractivity (Wildman–Crippen MR) is 357 cm³/mol. The molecule has 6 nitrogen and oxygen atoms in total. The molecule has 0 saturated carbocycles. The number of unbranched alkanes of at least 4 members (excludes halogenated alkanes) is 34. The van der Waals surface area contributed by atoms with Crippen molar-refractivity contribution in [3.63, 3.8) is 0 Å². The number of hydrogen-bond acceptors (Lipinski definition) is 6. The van der Waals surface area contributed by atoms with E-state index in [1.807, 2.05) is 0 Å². The van der Waals surface area contributed by atoms with Crippen LogP contribution in [0.15, 0.2) is 109 Å². The summed E-state index contributed by atoms with van der Waals surface area (Å²) in [6, 6.07) is 0. The average Bonchev–Trinajstić information content (AvgIpc) is 3.48.